The first-order valence-corrected chi connectivity index (χ1v) is 8.98. The van der Waals surface area contributed by atoms with E-state index in [-0.39, 0.29) is 12.1 Å². The Morgan fingerprint density at radius 3 is 2.80 bits per heavy atom. The SMILES string of the molecule is CCc1c(NC(=O)N[C@H]2CCCC[C@@H]2O)cnn1-c1ccccc1C. The Morgan fingerprint density at radius 2 is 2.08 bits per heavy atom. The van der Waals surface area contributed by atoms with Crippen molar-refractivity contribution in [3.8, 4) is 5.69 Å². The maximum Gasteiger partial charge on any atom is 0.319 e. The van der Waals surface area contributed by atoms with Crippen LogP contribution in [-0.2, 0) is 6.42 Å². The van der Waals surface area contributed by atoms with Crippen molar-refractivity contribution in [1.82, 2.24) is 15.1 Å². The third-order valence-corrected chi connectivity index (χ3v) is 4.84. The van der Waals surface area contributed by atoms with E-state index < -0.39 is 6.10 Å². The third-order valence-electron chi connectivity index (χ3n) is 4.84. The Balaban J connectivity index is 1.75. The zero-order chi connectivity index (χ0) is 17.8. The van der Waals surface area contributed by atoms with Crippen LogP contribution in [0.2, 0.25) is 0 Å². The number of aliphatic hydroxyl groups is 1. The van der Waals surface area contributed by atoms with Crippen molar-refractivity contribution in [3.63, 3.8) is 0 Å². The number of amides is 2. The molecule has 3 N–H and O–H groups in total. The summed E-state index contributed by atoms with van der Waals surface area (Å²) >= 11 is 0. The molecule has 2 amide bonds. The highest BCUT2D eigenvalue weighted by molar-refractivity contribution is 5.90. The zero-order valence-corrected chi connectivity index (χ0v) is 14.8. The first-order valence-electron chi connectivity index (χ1n) is 8.98. The summed E-state index contributed by atoms with van der Waals surface area (Å²) in [5, 5.41) is 20.3. The van der Waals surface area contributed by atoms with Gasteiger partial charge in [-0.3, -0.25) is 0 Å². The molecule has 1 fully saturated rings. The summed E-state index contributed by atoms with van der Waals surface area (Å²) in [6.45, 7) is 4.08. The molecular formula is C19H26N4O2. The number of benzene rings is 1. The Bertz CT molecular complexity index is 741. The number of nitrogens with one attached hydrogen (secondary N) is 2. The predicted molar refractivity (Wildman–Crippen MR) is 98.1 cm³/mol. The van der Waals surface area contributed by atoms with Gasteiger partial charge in [-0.1, -0.05) is 38.0 Å². The van der Waals surface area contributed by atoms with Crippen molar-refractivity contribution in [1.29, 1.82) is 0 Å². The molecule has 6 nitrogen and oxygen atoms in total. The van der Waals surface area contributed by atoms with Gasteiger partial charge in [-0.2, -0.15) is 5.10 Å². The molecule has 25 heavy (non-hydrogen) atoms. The molecule has 0 spiro atoms. The van der Waals surface area contributed by atoms with Gasteiger partial charge >= 0.3 is 6.03 Å². The lowest BCUT2D eigenvalue weighted by atomic mass is 9.93. The molecular weight excluding hydrogens is 316 g/mol. The van der Waals surface area contributed by atoms with Gasteiger partial charge in [-0.25, -0.2) is 9.48 Å². The maximum atomic E-state index is 12.3. The number of aryl methyl sites for hydroxylation is 1. The van der Waals surface area contributed by atoms with Gasteiger partial charge in [-0.05, 0) is 37.8 Å². The molecule has 2 atom stereocenters. The molecule has 1 aromatic heterocycles. The fourth-order valence-corrected chi connectivity index (χ4v) is 3.43. The van der Waals surface area contributed by atoms with E-state index in [2.05, 4.69) is 15.7 Å². The van der Waals surface area contributed by atoms with E-state index in [4.69, 9.17) is 0 Å². The van der Waals surface area contributed by atoms with Crippen LogP contribution in [0.3, 0.4) is 0 Å². The second kappa shape index (κ2) is 7.70. The minimum atomic E-state index is -0.458. The first-order chi connectivity index (χ1) is 12.1. The van der Waals surface area contributed by atoms with Gasteiger partial charge in [0.25, 0.3) is 0 Å². The van der Waals surface area contributed by atoms with Crippen molar-refractivity contribution in [3.05, 3.63) is 41.7 Å². The van der Waals surface area contributed by atoms with E-state index in [0.717, 1.165) is 49.0 Å². The van der Waals surface area contributed by atoms with Crippen LogP contribution in [0.5, 0.6) is 0 Å². The highest BCUT2D eigenvalue weighted by atomic mass is 16.3. The fourth-order valence-electron chi connectivity index (χ4n) is 3.43. The summed E-state index contributed by atoms with van der Waals surface area (Å²) in [5.74, 6) is 0. The summed E-state index contributed by atoms with van der Waals surface area (Å²) in [7, 11) is 0. The highest BCUT2D eigenvalue weighted by Gasteiger charge is 2.25. The number of aliphatic hydroxyl groups excluding tert-OH is 1. The Kier molecular flexibility index (Phi) is 5.38. The van der Waals surface area contributed by atoms with Gasteiger partial charge in [0.15, 0.2) is 0 Å². The van der Waals surface area contributed by atoms with Crippen LogP contribution in [0.4, 0.5) is 10.5 Å². The second-order valence-corrected chi connectivity index (χ2v) is 6.61. The number of carbonyl (C=O) groups is 1. The molecule has 0 aliphatic heterocycles. The molecule has 0 radical (unpaired) electrons. The van der Waals surface area contributed by atoms with Crippen LogP contribution in [0.1, 0.15) is 43.9 Å². The number of carbonyl (C=O) groups excluding carboxylic acids is 1. The zero-order valence-electron chi connectivity index (χ0n) is 14.8. The minimum Gasteiger partial charge on any atom is -0.391 e. The van der Waals surface area contributed by atoms with E-state index in [9.17, 15) is 9.90 Å². The van der Waals surface area contributed by atoms with Crippen LogP contribution in [-0.4, -0.2) is 33.1 Å². The van der Waals surface area contributed by atoms with Crippen molar-refractivity contribution in [2.45, 2.75) is 58.1 Å². The number of aromatic nitrogens is 2. The number of urea groups is 1. The van der Waals surface area contributed by atoms with Gasteiger partial charge in [0.1, 0.15) is 0 Å². The Hall–Kier alpha value is -2.34. The smallest absolute Gasteiger partial charge is 0.319 e. The average molecular weight is 342 g/mol. The monoisotopic (exact) mass is 342 g/mol. The van der Waals surface area contributed by atoms with Gasteiger partial charge < -0.3 is 15.7 Å². The number of nitrogens with zero attached hydrogens (tertiary/aromatic N) is 2. The molecule has 6 heteroatoms. The van der Waals surface area contributed by atoms with E-state index in [0.29, 0.717) is 5.69 Å². The molecule has 1 aliphatic rings. The van der Waals surface area contributed by atoms with Gasteiger partial charge in [-0.15, -0.1) is 0 Å². The first kappa shape index (κ1) is 17.5. The Morgan fingerprint density at radius 1 is 1.32 bits per heavy atom. The molecule has 1 saturated carbocycles. The third kappa shape index (κ3) is 3.85. The summed E-state index contributed by atoms with van der Waals surface area (Å²) in [5.41, 5.74) is 3.79. The minimum absolute atomic E-state index is 0.176. The molecule has 3 rings (SSSR count). The number of rotatable bonds is 4. The van der Waals surface area contributed by atoms with E-state index in [1.807, 2.05) is 42.8 Å². The van der Waals surface area contributed by atoms with Gasteiger partial charge in [0, 0.05) is 0 Å². The lowest BCUT2D eigenvalue weighted by molar-refractivity contribution is 0.0955. The quantitative estimate of drug-likeness (QED) is 0.798. The van der Waals surface area contributed by atoms with Crippen LogP contribution < -0.4 is 10.6 Å². The van der Waals surface area contributed by atoms with Crippen molar-refractivity contribution in [2.75, 3.05) is 5.32 Å². The molecule has 0 unspecified atom stereocenters. The van der Waals surface area contributed by atoms with Crippen LogP contribution in [0.25, 0.3) is 5.69 Å². The van der Waals surface area contributed by atoms with Crippen LogP contribution in [0.15, 0.2) is 30.5 Å². The summed E-state index contributed by atoms with van der Waals surface area (Å²) in [4.78, 5) is 12.3. The molecule has 1 heterocycles. The lowest BCUT2D eigenvalue weighted by Gasteiger charge is -2.28. The molecule has 0 bridgehead atoms. The molecule has 0 saturated heterocycles. The van der Waals surface area contributed by atoms with Crippen LogP contribution in [0, 0.1) is 6.92 Å². The molecule has 1 aliphatic carbocycles. The van der Waals surface area contributed by atoms with Crippen molar-refractivity contribution in [2.24, 2.45) is 0 Å². The number of hydrogen-bond acceptors (Lipinski definition) is 3. The van der Waals surface area contributed by atoms with Crippen LogP contribution >= 0.6 is 0 Å². The average Bonchev–Trinajstić information content (AvgIpc) is 2.99. The van der Waals surface area contributed by atoms with Crippen molar-refractivity contribution < 1.29 is 9.90 Å². The largest absolute Gasteiger partial charge is 0.391 e. The summed E-state index contributed by atoms with van der Waals surface area (Å²) < 4.78 is 1.88. The second-order valence-electron chi connectivity index (χ2n) is 6.61. The summed E-state index contributed by atoms with van der Waals surface area (Å²) in [6, 6.07) is 7.57. The van der Waals surface area contributed by atoms with Crippen molar-refractivity contribution >= 4 is 11.7 Å². The molecule has 134 valence electrons. The van der Waals surface area contributed by atoms with E-state index in [1.54, 1.807) is 6.20 Å². The number of anilines is 1. The predicted octanol–water partition coefficient (Wildman–Crippen LogP) is 3.17. The maximum absolute atomic E-state index is 12.3. The molecule has 1 aromatic carbocycles. The van der Waals surface area contributed by atoms with E-state index >= 15 is 0 Å². The Labute approximate surface area is 148 Å². The normalized spacial score (nSPS) is 20.3. The highest BCUT2D eigenvalue weighted by Crippen LogP contribution is 2.23. The standard InChI is InChI=1S/C19H26N4O2/c1-3-16-15(12-20-23(16)17-10-6-4-8-13(17)2)22-19(25)21-14-9-5-7-11-18(14)24/h4,6,8,10,12,14,18,24H,3,5,7,9,11H2,1-2H3,(H2,21,22,25)/t14-,18-/m0/s1. The summed E-state index contributed by atoms with van der Waals surface area (Å²) in [6.07, 6.45) is 5.59. The van der Waals surface area contributed by atoms with Gasteiger partial charge in [0.05, 0.1) is 35.4 Å². The topological polar surface area (TPSA) is 79.2 Å². The van der Waals surface area contributed by atoms with E-state index in [1.165, 1.54) is 0 Å². The molecule has 2 aromatic rings. The number of hydrogen-bond donors (Lipinski definition) is 3. The number of para-hydroxylation sites is 1. The fraction of sp³-hybridized carbons (Fsp3) is 0.474. The lowest BCUT2D eigenvalue weighted by Crippen LogP contribution is -2.46. The van der Waals surface area contributed by atoms with Gasteiger partial charge in [0.2, 0.25) is 0 Å².